The van der Waals surface area contributed by atoms with E-state index in [1.165, 1.54) is 13.2 Å². The maximum absolute atomic E-state index is 11.3. The summed E-state index contributed by atoms with van der Waals surface area (Å²) in [6.45, 7) is 0. The highest BCUT2D eigenvalue weighted by Gasteiger charge is 2.20. The number of anilines is 2. The minimum Gasteiger partial charge on any atom is -0.497 e. The topological polar surface area (TPSA) is 102 Å². The minimum absolute atomic E-state index is 0.147. The van der Waals surface area contributed by atoms with Gasteiger partial charge in [0.25, 0.3) is 5.69 Å². The average Bonchev–Trinajstić information content (AvgIpc) is 2.47. The van der Waals surface area contributed by atoms with Crippen LogP contribution >= 0.6 is 11.6 Å². The molecule has 0 bridgehead atoms. The van der Waals surface area contributed by atoms with Crippen LogP contribution in [0.3, 0.4) is 0 Å². The van der Waals surface area contributed by atoms with E-state index in [0.29, 0.717) is 11.4 Å². The van der Waals surface area contributed by atoms with Gasteiger partial charge < -0.3 is 15.2 Å². The number of nitrogens with zero attached hydrogens (tertiary/aromatic N) is 1. The van der Waals surface area contributed by atoms with Crippen LogP contribution in [0.15, 0.2) is 36.4 Å². The molecular formula is C14H11ClN2O5. The molecule has 0 aliphatic carbocycles. The number of methoxy groups -OCH3 is 1. The second-order valence-corrected chi connectivity index (χ2v) is 4.67. The molecule has 0 spiro atoms. The van der Waals surface area contributed by atoms with Crippen molar-refractivity contribution in [2.75, 3.05) is 12.4 Å². The molecular weight excluding hydrogens is 312 g/mol. The summed E-state index contributed by atoms with van der Waals surface area (Å²) in [5.41, 5.74) is 0.0488. The molecule has 0 radical (unpaired) electrons. The summed E-state index contributed by atoms with van der Waals surface area (Å²) < 4.78 is 5.02. The second-order valence-electron chi connectivity index (χ2n) is 4.26. The SMILES string of the molecule is COc1ccc(Nc2cc(Cl)c([N+](=O)[O-])cc2C(=O)O)cc1. The number of carboxylic acid groups (broad SMARTS) is 1. The molecule has 2 aromatic rings. The fraction of sp³-hybridized carbons (Fsp3) is 0.0714. The molecule has 0 aliphatic heterocycles. The van der Waals surface area contributed by atoms with Gasteiger partial charge in [0.05, 0.1) is 23.3 Å². The van der Waals surface area contributed by atoms with Crippen molar-refractivity contribution in [1.82, 2.24) is 0 Å². The predicted molar refractivity (Wildman–Crippen MR) is 81.3 cm³/mol. The maximum Gasteiger partial charge on any atom is 0.338 e. The highest BCUT2D eigenvalue weighted by atomic mass is 35.5. The molecule has 7 nitrogen and oxygen atoms in total. The van der Waals surface area contributed by atoms with Gasteiger partial charge in [0.2, 0.25) is 0 Å². The fourth-order valence-corrected chi connectivity index (χ4v) is 2.04. The number of rotatable bonds is 5. The van der Waals surface area contributed by atoms with Gasteiger partial charge in [-0.3, -0.25) is 10.1 Å². The van der Waals surface area contributed by atoms with Crippen LogP contribution < -0.4 is 10.1 Å². The van der Waals surface area contributed by atoms with Gasteiger partial charge >= 0.3 is 5.97 Å². The first kappa shape index (κ1) is 15.6. The van der Waals surface area contributed by atoms with E-state index in [0.717, 1.165) is 6.07 Å². The lowest BCUT2D eigenvalue weighted by molar-refractivity contribution is -0.384. The van der Waals surface area contributed by atoms with Gasteiger partial charge in [-0.05, 0) is 30.3 Å². The first-order chi connectivity index (χ1) is 10.4. The zero-order valence-corrected chi connectivity index (χ0v) is 12.1. The zero-order valence-electron chi connectivity index (χ0n) is 11.4. The smallest absolute Gasteiger partial charge is 0.338 e. The third-order valence-corrected chi connectivity index (χ3v) is 3.19. The third-order valence-electron chi connectivity index (χ3n) is 2.88. The van der Waals surface area contributed by atoms with Crippen LogP contribution in [0.25, 0.3) is 0 Å². The van der Waals surface area contributed by atoms with Crippen LogP contribution in [0.4, 0.5) is 17.1 Å². The summed E-state index contributed by atoms with van der Waals surface area (Å²) in [6.07, 6.45) is 0. The molecule has 0 amide bonds. The van der Waals surface area contributed by atoms with Crippen LogP contribution in [-0.4, -0.2) is 23.1 Å². The predicted octanol–water partition coefficient (Wildman–Crippen LogP) is 3.70. The summed E-state index contributed by atoms with van der Waals surface area (Å²) >= 11 is 5.82. The summed E-state index contributed by atoms with van der Waals surface area (Å²) in [5, 5.41) is 22.7. The number of hydrogen-bond acceptors (Lipinski definition) is 5. The lowest BCUT2D eigenvalue weighted by Crippen LogP contribution is -2.04. The lowest BCUT2D eigenvalue weighted by atomic mass is 10.1. The van der Waals surface area contributed by atoms with Gasteiger partial charge in [0.1, 0.15) is 10.8 Å². The molecule has 0 saturated heterocycles. The van der Waals surface area contributed by atoms with Gasteiger partial charge in [-0.15, -0.1) is 0 Å². The van der Waals surface area contributed by atoms with Crippen molar-refractivity contribution in [3.8, 4) is 5.75 Å². The van der Waals surface area contributed by atoms with Crippen molar-refractivity contribution in [3.63, 3.8) is 0 Å². The Morgan fingerprint density at radius 1 is 1.32 bits per heavy atom. The van der Waals surface area contributed by atoms with Crippen LogP contribution in [0, 0.1) is 10.1 Å². The molecule has 2 N–H and O–H groups in total. The quantitative estimate of drug-likeness (QED) is 0.643. The van der Waals surface area contributed by atoms with E-state index < -0.39 is 16.6 Å². The van der Waals surface area contributed by atoms with Crippen molar-refractivity contribution in [2.24, 2.45) is 0 Å². The lowest BCUT2D eigenvalue weighted by Gasteiger charge is -2.11. The number of benzene rings is 2. The molecule has 0 aromatic heterocycles. The van der Waals surface area contributed by atoms with E-state index in [9.17, 15) is 20.0 Å². The Bertz CT molecular complexity index is 731. The van der Waals surface area contributed by atoms with E-state index in [-0.39, 0.29) is 16.3 Å². The number of carboxylic acids is 1. The van der Waals surface area contributed by atoms with Crippen LogP contribution in [0.1, 0.15) is 10.4 Å². The van der Waals surface area contributed by atoms with Crippen LogP contribution in [-0.2, 0) is 0 Å². The molecule has 0 saturated carbocycles. The van der Waals surface area contributed by atoms with E-state index in [4.69, 9.17) is 16.3 Å². The Hall–Kier alpha value is -2.80. The molecule has 0 heterocycles. The largest absolute Gasteiger partial charge is 0.497 e. The van der Waals surface area contributed by atoms with Crippen molar-refractivity contribution < 1.29 is 19.6 Å². The Kier molecular flexibility index (Phi) is 4.47. The Morgan fingerprint density at radius 3 is 2.45 bits per heavy atom. The summed E-state index contributed by atoms with van der Waals surface area (Å²) in [6, 6.07) is 8.88. The summed E-state index contributed by atoms with van der Waals surface area (Å²) in [7, 11) is 1.53. The molecule has 2 rings (SSSR count). The average molecular weight is 323 g/mol. The number of halogens is 1. The molecule has 0 atom stereocenters. The van der Waals surface area contributed by atoms with Crippen molar-refractivity contribution >= 4 is 34.6 Å². The Morgan fingerprint density at radius 2 is 1.95 bits per heavy atom. The van der Waals surface area contributed by atoms with Gasteiger partial charge in [0, 0.05) is 11.8 Å². The van der Waals surface area contributed by atoms with Crippen molar-refractivity contribution in [2.45, 2.75) is 0 Å². The molecule has 0 unspecified atom stereocenters. The van der Waals surface area contributed by atoms with Gasteiger partial charge in [-0.25, -0.2) is 4.79 Å². The number of hydrogen-bond donors (Lipinski definition) is 2. The summed E-state index contributed by atoms with van der Waals surface area (Å²) in [4.78, 5) is 21.4. The number of nitro benzene ring substituents is 1. The van der Waals surface area contributed by atoms with Gasteiger partial charge in [-0.2, -0.15) is 0 Å². The standard InChI is InChI=1S/C14H11ClN2O5/c1-22-9-4-2-8(3-5-9)16-12-7-11(15)13(17(20)21)6-10(12)14(18)19/h2-7,16H,1H3,(H,18,19). The Balaban J connectivity index is 2.42. The van der Waals surface area contributed by atoms with Gasteiger partial charge in [0.15, 0.2) is 0 Å². The van der Waals surface area contributed by atoms with E-state index in [1.807, 2.05) is 0 Å². The van der Waals surface area contributed by atoms with Crippen molar-refractivity contribution in [3.05, 3.63) is 57.1 Å². The second kappa shape index (κ2) is 6.31. The molecule has 114 valence electrons. The molecule has 22 heavy (non-hydrogen) atoms. The number of carbonyl (C=O) groups is 1. The first-order valence-electron chi connectivity index (χ1n) is 6.04. The zero-order chi connectivity index (χ0) is 16.3. The highest BCUT2D eigenvalue weighted by Crippen LogP contribution is 2.33. The minimum atomic E-state index is -1.30. The van der Waals surface area contributed by atoms with E-state index >= 15 is 0 Å². The third kappa shape index (κ3) is 3.26. The van der Waals surface area contributed by atoms with Gasteiger partial charge in [-0.1, -0.05) is 11.6 Å². The Labute approximate surface area is 130 Å². The monoisotopic (exact) mass is 322 g/mol. The maximum atomic E-state index is 11.3. The number of ether oxygens (including phenoxy) is 1. The molecule has 2 aromatic carbocycles. The first-order valence-corrected chi connectivity index (χ1v) is 6.42. The number of nitrogens with one attached hydrogen (secondary N) is 1. The number of nitro groups is 1. The molecule has 0 fully saturated rings. The normalized spacial score (nSPS) is 10.1. The fourth-order valence-electron chi connectivity index (χ4n) is 1.81. The van der Waals surface area contributed by atoms with E-state index in [1.54, 1.807) is 24.3 Å². The van der Waals surface area contributed by atoms with Crippen molar-refractivity contribution in [1.29, 1.82) is 0 Å². The summed E-state index contributed by atoms with van der Waals surface area (Å²) in [5.74, 6) is -0.651. The van der Waals surface area contributed by atoms with Crippen LogP contribution in [0.2, 0.25) is 5.02 Å². The van der Waals surface area contributed by atoms with E-state index in [2.05, 4.69) is 5.32 Å². The van der Waals surface area contributed by atoms with Crippen LogP contribution in [0.5, 0.6) is 5.75 Å². The molecule has 0 aliphatic rings. The number of aromatic carboxylic acids is 1. The highest BCUT2D eigenvalue weighted by molar-refractivity contribution is 6.33. The molecule has 8 heteroatoms.